The van der Waals surface area contributed by atoms with E-state index < -0.39 is 18.4 Å². The number of carboxylic acid groups (broad SMARTS) is 1. The number of phenolic OH excluding ortho intramolecular Hbond substituents is 1. The molecule has 0 saturated carbocycles. The highest BCUT2D eigenvalue weighted by atomic mass is 16.4. The lowest BCUT2D eigenvalue weighted by atomic mass is 9.85. The minimum atomic E-state index is -1.10. The lowest BCUT2D eigenvalue weighted by molar-refractivity contribution is -0.135. The highest BCUT2D eigenvalue weighted by molar-refractivity contribution is 5.96. The van der Waals surface area contributed by atoms with Crippen LogP contribution < -0.4 is 5.32 Å². The van der Waals surface area contributed by atoms with Crippen LogP contribution in [-0.4, -0.2) is 28.6 Å². The Hall–Kier alpha value is -2.04. The van der Waals surface area contributed by atoms with Gasteiger partial charge < -0.3 is 15.5 Å². The average molecular weight is 251 g/mol. The van der Waals surface area contributed by atoms with Crippen molar-refractivity contribution in [2.24, 2.45) is 0 Å². The average Bonchev–Trinajstić information content (AvgIpc) is 2.24. The molecule has 5 nitrogen and oxygen atoms in total. The van der Waals surface area contributed by atoms with E-state index >= 15 is 0 Å². The monoisotopic (exact) mass is 251 g/mol. The molecular formula is C13H17NO4. The molecule has 0 radical (unpaired) electrons. The van der Waals surface area contributed by atoms with Crippen molar-refractivity contribution in [3.63, 3.8) is 0 Å². The third-order valence-corrected chi connectivity index (χ3v) is 2.47. The molecule has 1 rings (SSSR count). The molecule has 0 fully saturated rings. The van der Waals surface area contributed by atoms with Crippen LogP contribution in [0.25, 0.3) is 0 Å². The minimum absolute atomic E-state index is 0.122. The van der Waals surface area contributed by atoms with Crippen molar-refractivity contribution in [3.8, 4) is 5.75 Å². The Morgan fingerprint density at radius 3 is 2.39 bits per heavy atom. The highest BCUT2D eigenvalue weighted by Gasteiger charge is 2.20. The summed E-state index contributed by atoms with van der Waals surface area (Å²) in [5, 5.41) is 20.5. The second-order valence-electron chi connectivity index (χ2n) is 5.06. The quantitative estimate of drug-likeness (QED) is 0.759. The van der Waals surface area contributed by atoms with E-state index in [0.29, 0.717) is 11.1 Å². The smallest absolute Gasteiger partial charge is 0.322 e. The fourth-order valence-corrected chi connectivity index (χ4v) is 1.54. The zero-order chi connectivity index (χ0) is 13.9. The third kappa shape index (κ3) is 3.48. The van der Waals surface area contributed by atoms with Crippen molar-refractivity contribution in [1.29, 1.82) is 0 Å². The molecule has 0 aromatic heterocycles. The summed E-state index contributed by atoms with van der Waals surface area (Å²) in [5.74, 6) is -1.45. The zero-order valence-corrected chi connectivity index (χ0v) is 10.7. The van der Waals surface area contributed by atoms with Gasteiger partial charge in [0, 0.05) is 11.1 Å². The molecule has 0 aliphatic heterocycles. The number of rotatable bonds is 3. The van der Waals surface area contributed by atoms with Gasteiger partial charge in [-0.25, -0.2) is 0 Å². The molecule has 5 heteroatoms. The normalized spacial score (nSPS) is 11.1. The summed E-state index contributed by atoms with van der Waals surface area (Å²) in [4.78, 5) is 22.0. The van der Waals surface area contributed by atoms with Gasteiger partial charge in [-0.3, -0.25) is 9.59 Å². The van der Waals surface area contributed by atoms with Gasteiger partial charge in [0.05, 0.1) is 0 Å². The standard InChI is InChI=1S/C13H17NO4/c1-13(2,3)9-6-8(4-5-10(9)15)12(18)14-7-11(16)17/h4-6,15H,7H2,1-3H3,(H,14,18)(H,16,17). The lowest BCUT2D eigenvalue weighted by Crippen LogP contribution is -2.29. The Kier molecular flexibility index (Phi) is 3.96. The van der Waals surface area contributed by atoms with Crippen molar-refractivity contribution < 1.29 is 19.8 Å². The number of carboxylic acids is 1. The van der Waals surface area contributed by atoms with Gasteiger partial charge in [0.25, 0.3) is 5.91 Å². The number of amides is 1. The Labute approximate surface area is 105 Å². The Morgan fingerprint density at radius 2 is 1.89 bits per heavy atom. The van der Waals surface area contributed by atoms with Crippen LogP contribution in [0, 0.1) is 0 Å². The minimum Gasteiger partial charge on any atom is -0.508 e. The summed E-state index contributed by atoms with van der Waals surface area (Å²) in [6, 6.07) is 4.48. The lowest BCUT2D eigenvalue weighted by Gasteiger charge is -2.21. The van der Waals surface area contributed by atoms with E-state index in [1.807, 2.05) is 20.8 Å². The number of nitrogens with one attached hydrogen (secondary N) is 1. The molecule has 0 aliphatic rings. The second-order valence-corrected chi connectivity index (χ2v) is 5.06. The van der Waals surface area contributed by atoms with Crippen LogP contribution in [-0.2, 0) is 10.2 Å². The van der Waals surface area contributed by atoms with E-state index in [1.54, 1.807) is 6.07 Å². The van der Waals surface area contributed by atoms with Gasteiger partial charge in [-0.05, 0) is 23.6 Å². The Morgan fingerprint density at radius 1 is 1.28 bits per heavy atom. The topological polar surface area (TPSA) is 86.6 Å². The number of aliphatic carboxylic acids is 1. The van der Waals surface area contributed by atoms with Crippen LogP contribution in [0.4, 0.5) is 0 Å². The summed E-state index contributed by atoms with van der Waals surface area (Å²) in [6.45, 7) is 5.33. The number of benzene rings is 1. The van der Waals surface area contributed by atoms with Crippen LogP contribution in [0.1, 0.15) is 36.7 Å². The van der Waals surface area contributed by atoms with Crippen molar-refractivity contribution in [2.45, 2.75) is 26.2 Å². The largest absolute Gasteiger partial charge is 0.508 e. The number of phenols is 1. The Bertz CT molecular complexity index is 474. The van der Waals surface area contributed by atoms with E-state index in [2.05, 4.69) is 5.32 Å². The molecule has 0 unspecified atom stereocenters. The zero-order valence-electron chi connectivity index (χ0n) is 10.7. The molecule has 0 spiro atoms. The molecule has 18 heavy (non-hydrogen) atoms. The van der Waals surface area contributed by atoms with E-state index in [1.165, 1.54) is 12.1 Å². The Balaban J connectivity index is 2.98. The maximum Gasteiger partial charge on any atom is 0.322 e. The van der Waals surface area contributed by atoms with E-state index in [9.17, 15) is 14.7 Å². The summed E-state index contributed by atoms with van der Waals surface area (Å²) < 4.78 is 0. The number of carbonyl (C=O) groups excluding carboxylic acids is 1. The molecule has 1 aromatic carbocycles. The molecule has 98 valence electrons. The predicted molar refractivity (Wildman–Crippen MR) is 66.8 cm³/mol. The first-order valence-electron chi connectivity index (χ1n) is 5.55. The molecule has 1 amide bonds. The number of carbonyl (C=O) groups is 2. The molecule has 0 bridgehead atoms. The van der Waals surface area contributed by atoms with Gasteiger partial charge in [0.15, 0.2) is 0 Å². The van der Waals surface area contributed by atoms with Gasteiger partial charge >= 0.3 is 5.97 Å². The van der Waals surface area contributed by atoms with Crippen molar-refractivity contribution in [2.75, 3.05) is 6.54 Å². The van der Waals surface area contributed by atoms with Gasteiger partial charge in [0.2, 0.25) is 0 Å². The SMILES string of the molecule is CC(C)(C)c1cc(C(=O)NCC(=O)O)ccc1O. The van der Waals surface area contributed by atoms with Crippen LogP contribution >= 0.6 is 0 Å². The van der Waals surface area contributed by atoms with Crippen molar-refractivity contribution in [1.82, 2.24) is 5.32 Å². The van der Waals surface area contributed by atoms with E-state index in [0.717, 1.165) is 0 Å². The maximum absolute atomic E-state index is 11.7. The first kappa shape index (κ1) is 14.0. The fraction of sp³-hybridized carbons (Fsp3) is 0.385. The number of aromatic hydroxyl groups is 1. The molecule has 0 aliphatic carbocycles. The van der Waals surface area contributed by atoms with Crippen LogP contribution in [0.2, 0.25) is 0 Å². The fourth-order valence-electron chi connectivity index (χ4n) is 1.54. The van der Waals surface area contributed by atoms with E-state index in [-0.39, 0.29) is 11.2 Å². The third-order valence-electron chi connectivity index (χ3n) is 2.47. The highest BCUT2D eigenvalue weighted by Crippen LogP contribution is 2.31. The van der Waals surface area contributed by atoms with Gasteiger partial charge in [-0.1, -0.05) is 20.8 Å². The van der Waals surface area contributed by atoms with Gasteiger partial charge in [-0.15, -0.1) is 0 Å². The van der Waals surface area contributed by atoms with E-state index in [4.69, 9.17) is 5.11 Å². The van der Waals surface area contributed by atoms with Crippen LogP contribution in [0.15, 0.2) is 18.2 Å². The van der Waals surface area contributed by atoms with Gasteiger partial charge in [-0.2, -0.15) is 0 Å². The summed E-state index contributed by atoms with van der Waals surface area (Å²) in [7, 11) is 0. The summed E-state index contributed by atoms with van der Waals surface area (Å²) in [5.41, 5.74) is 0.678. The molecule has 1 aromatic rings. The second kappa shape index (κ2) is 5.08. The predicted octanol–water partition coefficient (Wildman–Crippen LogP) is 1.50. The van der Waals surface area contributed by atoms with Crippen molar-refractivity contribution in [3.05, 3.63) is 29.3 Å². The number of hydrogen-bond acceptors (Lipinski definition) is 3. The van der Waals surface area contributed by atoms with Crippen LogP contribution in [0.5, 0.6) is 5.75 Å². The van der Waals surface area contributed by atoms with Crippen LogP contribution in [0.3, 0.4) is 0 Å². The first-order chi connectivity index (χ1) is 8.21. The summed E-state index contributed by atoms with van der Waals surface area (Å²) >= 11 is 0. The molecule has 3 N–H and O–H groups in total. The maximum atomic E-state index is 11.7. The number of hydrogen-bond donors (Lipinski definition) is 3. The van der Waals surface area contributed by atoms with Gasteiger partial charge in [0.1, 0.15) is 12.3 Å². The summed E-state index contributed by atoms with van der Waals surface area (Å²) in [6.07, 6.45) is 0. The van der Waals surface area contributed by atoms with Crippen molar-refractivity contribution >= 4 is 11.9 Å². The molecule has 0 atom stereocenters. The molecule has 0 heterocycles. The molecular weight excluding hydrogens is 234 g/mol. The first-order valence-corrected chi connectivity index (χ1v) is 5.55. The molecule has 0 saturated heterocycles.